The molecule has 0 amide bonds. The topological polar surface area (TPSA) is 15.6 Å². The molecule has 9 rings (SSSR count). The summed E-state index contributed by atoms with van der Waals surface area (Å²) < 4.78 is 0. The fraction of sp³-hybridized carbons (Fsp3) is 0.0682. The number of nitrogens with zero attached hydrogens (tertiary/aromatic N) is 2. The molecule has 0 bridgehead atoms. The van der Waals surface area contributed by atoms with Gasteiger partial charge in [0.2, 0.25) is 0 Å². The molecule has 0 radical (unpaired) electrons. The second-order valence-electron chi connectivity index (χ2n) is 12.4. The van der Waals surface area contributed by atoms with Crippen LogP contribution in [0.1, 0.15) is 11.1 Å². The number of para-hydroxylation sites is 1. The summed E-state index contributed by atoms with van der Waals surface area (Å²) in [5.41, 5.74) is 8.58. The Morgan fingerprint density at radius 2 is 1.04 bits per heavy atom. The summed E-state index contributed by atoms with van der Waals surface area (Å²) in [6.07, 6.45) is 8.72. The fourth-order valence-electron chi connectivity index (χ4n) is 7.44. The molecule has 0 N–H and O–H groups in total. The van der Waals surface area contributed by atoms with Crippen LogP contribution >= 0.6 is 0 Å². The van der Waals surface area contributed by atoms with Gasteiger partial charge in [-0.1, -0.05) is 151 Å². The number of hydrogen-bond acceptors (Lipinski definition) is 2. The van der Waals surface area contributed by atoms with Gasteiger partial charge in [-0.25, -0.2) is 0 Å². The first-order chi connectivity index (χ1) is 22.7. The Labute approximate surface area is 269 Å². The van der Waals surface area contributed by atoms with Crippen LogP contribution < -0.4 is 4.90 Å². The monoisotopic (exact) mass is 588 g/mol. The number of allylic oxidation sites excluding steroid dienone is 2. The molecule has 1 aliphatic heterocycles. The Morgan fingerprint density at radius 1 is 0.500 bits per heavy atom. The summed E-state index contributed by atoms with van der Waals surface area (Å²) in [7, 11) is 0. The molecule has 2 nitrogen and oxygen atoms in total. The molecular formula is C44H32N2. The van der Waals surface area contributed by atoms with E-state index in [1.54, 1.807) is 0 Å². The lowest BCUT2D eigenvalue weighted by Gasteiger charge is -2.29. The van der Waals surface area contributed by atoms with Crippen LogP contribution in [-0.2, 0) is 0 Å². The van der Waals surface area contributed by atoms with Gasteiger partial charge < -0.3 is 4.90 Å². The average molecular weight is 589 g/mol. The van der Waals surface area contributed by atoms with E-state index in [9.17, 15) is 0 Å². The minimum absolute atomic E-state index is 0.111. The van der Waals surface area contributed by atoms with Crippen molar-refractivity contribution in [2.24, 2.45) is 4.99 Å². The van der Waals surface area contributed by atoms with E-state index in [-0.39, 0.29) is 12.1 Å². The molecule has 218 valence electrons. The summed E-state index contributed by atoms with van der Waals surface area (Å²) in [4.78, 5) is 7.60. The van der Waals surface area contributed by atoms with Gasteiger partial charge in [0.05, 0.1) is 12.1 Å². The minimum atomic E-state index is 0.111. The van der Waals surface area contributed by atoms with Gasteiger partial charge in [0.1, 0.15) is 5.84 Å². The molecule has 0 aromatic heterocycles. The lowest BCUT2D eigenvalue weighted by atomic mass is 9.85. The lowest BCUT2D eigenvalue weighted by molar-refractivity contribution is 0.739. The predicted molar refractivity (Wildman–Crippen MR) is 196 cm³/mol. The number of aryl methyl sites for hydroxylation is 1. The number of benzene rings is 7. The lowest BCUT2D eigenvalue weighted by Crippen LogP contribution is -2.39. The van der Waals surface area contributed by atoms with E-state index in [2.05, 4.69) is 176 Å². The highest BCUT2D eigenvalue weighted by molar-refractivity contribution is 6.22. The zero-order valence-corrected chi connectivity index (χ0v) is 25.6. The van der Waals surface area contributed by atoms with E-state index in [1.165, 1.54) is 60.1 Å². The van der Waals surface area contributed by atoms with Crippen LogP contribution in [0.15, 0.2) is 169 Å². The molecule has 7 aromatic carbocycles. The molecule has 2 unspecified atom stereocenters. The van der Waals surface area contributed by atoms with Gasteiger partial charge in [0.25, 0.3) is 0 Å². The van der Waals surface area contributed by atoms with Gasteiger partial charge in [-0.2, -0.15) is 0 Å². The van der Waals surface area contributed by atoms with E-state index < -0.39 is 0 Å². The maximum atomic E-state index is 5.22. The van der Waals surface area contributed by atoms with Crippen molar-refractivity contribution in [2.45, 2.75) is 19.0 Å². The van der Waals surface area contributed by atoms with Gasteiger partial charge in [0.15, 0.2) is 0 Å². The van der Waals surface area contributed by atoms with E-state index in [4.69, 9.17) is 4.99 Å². The van der Waals surface area contributed by atoms with Crippen LogP contribution in [0, 0.1) is 6.92 Å². The Bertz CT molecular complexity index is 2320. The van der Waals surface area contributed by atoms with Gasteiger partial charge in [-0.3, -0.25) is 4.99 Å². The van der Waals surface area contributed by atoms with Crippen molar-refractivity contribution in [3.8, 4) is 22.3 Å². The number of hydrogen-bond donors (Lipinski definition) is 0. The fourth-order valence-corrected chi connectivity index (χ4v) is 7.44. The average Bonchev–Trinajstić information content (AvgIpc) is 3.50. The summed E-state index contributed by atoms with van der Waals surface area (Å²) in [6, 6.07) is 51.3. The highest BCUT2D eigenvalue weighted by Gasteiger charge is 2.35. The summed E-state index contributed by atoms with van der Waals surface area (Å²) in [6.45, 7) is 2.15. The molecule has 1 aliphatic carbocycles. The predicted octanol–water partition coefficient (Wildman–Crippen LogP) is 10.9. The zero-order valence-electron chi connectivity index (χ0n) is 25.6. The maximum Gasteiger partial charge on any atom is 0.136 e. The number of aliphatic imine (C=N–C) groups is 1. The van der Waals surface area contributed by atoms with Crippen LogP contribution in [0.3, 0.4) is 0 Å². The second kappa shape index (κ2) is 10.7. The molecular weight excluding hydrogens is 556 g/mol. The number of anilines is 1. The van der Waals surface area contributed by atoms with Gasteiger partial charge in [-0.05, 0) is 79.7 Å². The third-order valence-corrected chi connectivity index (χ3v) is 9.56. The Hall–Kier alpha value is -5.73. The first kappa shape index (κ1) is 26.7. The van der Waals surface area contributed by atoms with E-state index in [1.807, 2.05) is 0 Å². The number of rotatable bonds is 4. The third kappa shape index (κ3) is 4.29. The van der Waals surface area contributed by atoms with Crippen LogP contribution in [0.25, 0.3) is 54.6 Å². The summed E-state index contributed by atoms with van der Waals surface area (Å²) in [5, 5.41) is 7.60. The number of amidine groups is 1. The summed E-state index contributed by atoms with van der Waals surface area (Å²) >= 11 is 0. The van der Waals surface area contributed by atoms with Crippen molar-refractivity contribution in [2.75, 3.05) is 4.90 Å². The summed E-state index contributed by atoms with van der Waals surface area (Å²) in [5.74, 6) is 1.01. The Balaban J connectivity index is 1.20. The van der Waals surface area contributed by atoms with E-state index in [0.717, 1.165) is 17.1 Å². The SMILES string of the molecule is Cc1ccc2cc(-c3c4ccccc4c(-c4ccc(C5=NC6C=CC=CC6N5c5ccccc5)cc4)c4ccccc34)ccc2c1. The smallest absolute Gasteiger partial charge is 0.136 e. The Kier molecular flexibility index (Phi) is 6.21. The zero-order chi connectivity index (χ0) is 30.6. The molecule has 46 heavy (non-hydrogen) atoms. The van der Waals surface area contributed by atoms with Crippen molar-refractivity contribution < 1.29 is 0 Å². The molecule has 2 heteroatoms. The first-order valence-electron chi connectivity index (χ1n) is 16.1. The molecule has 0 fully saturated rings. The molecule has 2 aliphatic rings. The normalized spacial score (nSPS) is 17.2. The minimum Gasteiger partial charge on any atom is -0.317 e. The standard InChI is InChI=1S/C44H32N2/c1-29-19-20-33-28-34(26-25-32(33)27-29)43-38-15-7-5-13-36(38)42(37-14-6-8-16-39(37)43)30-21-23-31(24-22-30)44-45-40-17-9-10-18-41(40)46(44)35-11-3-2-4-12-35/h2-28,40-41H,1H3. The quantitative estimate of drug-likeness (QED) is 0.187. The highest BCUT2D eigenvalue weighted by Crippen LogP contribution is 2.44. The Morgan fingerprint density at radius 3 is 1.74 bits per heavy atom. The first-order valence-corrected chi connectivity index (χ1v) is 16.1. The van der Waals surface area contributed by atoms with E-state index in [0.29, 0.717) is 0 Å². The van der Waals surface area contributed by atoms with Crippen LogP contribution in [0.5, 0.6) is 0 Å². The molecule has 1 heterocycles. The molecule has 0 saturated carbocycles. The molecule has 2 atom stereocenters. The van der Waals surface area contributed by atoms with Crippen molar-refractivity contribution in [3.05, 3.63) is 175 Å². The van der Waals surface area contributed by atoms with Gasteiger partial charge in [-0.15, -0.1) is 0 Å². The molecule has 7 aromatic rings. The van der Waals surface area contributed by atoms with Gasteiger partial charge in [0, 0.05) is 11.3 Å². The second-order valence-corrected chi connectivity index (χ2v) is 12.4. The molecule has 0 saturated heterocycles. The van der Waals surface area contributed by atoms with E-state index >= 15 is 0 Å². The van der Waals surface area contributed by atoms with Crippen LogP contribution in [0.2, 0.25) is 0 Å². The third-order valence-electron chi connectivity index (χ3n) is 9.56. The van der Waals surface area contributed by atoms with Crippen molar-refractivity contribution in [1.29, 1.82) is 0 Å². The van der Waals surface area contributed by atoms with Crippen molar-refractivity contribution in [1.82, 2.24) is 0 Å². The van der Waals surface area contributed by atoms with Crippen LogP contribution in [0.4, 0.5) is 5.69 Å². The number of fused-ring (bicyclic) bond motifs is 4. The molecule has 0 spiro atoms. The van der Waals surface area contributed by atoms with Crippen molar-refractivity contribution in [3.63, 3.8) is 0 Å². The van der Waals surface area contributed by atoms with Crippen molar-refractivity contribution >= 4 is 43.8 Å². The highest BCUT2D eigenvalue weighted by atomic mass is 15.3. The van der Waals surface area contributed by atoms with Crippen LogP contribution in [-0.4, -0.2) is 17.9 Å². The maximum absolute atomic E-state index is 5.22. The largest absolute Gasteiger partial charge is 0.317 e. The van der Waals surface area contributed by atoms with Gasteiger partial charge >= 0.3 is 0 Å².